The van der Waals surface area contributed by atoms with Crippen LogP contribution < -0.4 is 15.5 Å². The molecule has 1 aromatic carbocycles. The van der Waals surface area contributed by atoms with Crippen LogP contribution in [0.1, 0.15) is 5.56 Å². The Morgan fingerprint density at radius 1 is 1.05 bits per heavy atom. The Kier molecular flexibility index (Phi) is 4.01. The average molecular weight is 347 g/mol. The summed E-state index contributed by atoms with van der Waals surface area (Å²) in [5, 5.41) is 0. The molecule has 1 aromatic heterocycles. The van der Waals surface area contributed by atoms with Crippen molar-refractivity contribution in [1.29, 1.82) is 0 Å². The van der Waals surface area contributed by atoms with Crippen molar-refractivity contribution >= 4 is 33.1 Å². The topological polar surface area (TPSA) is 45.4 Å². The molecule has 0 amide bonds. The SMILES string of the molecule is Cc1c(N)cnc(N2CCN(c3ccccc3)CC2)c1Br. The van der Waals surface area contributed by atoms with Gasteiger partial charge in [0.15, 0.2) is 0 Å². The molecule has 5 heteroatoms. The van der Waals surface area contributed by atoms with E-state index in [0.29, 0.717) is 0 Å². The molecule has 0 aliphatic carbocycles. The van der Waals surface area contributed by atoms with Crippen LogP contribution in [-0.2, 0) is 0 Å². The van der Waals surface area contributed by atoms with E-state index in [1.165, 1.54) is 5.69 Å². The standard InChI is InChI=1S/C16H19BrN4/c1-12-14(18)11-19-16(15(12)17)21-9-7-20(8-10-21)13-5-3-2-4-6-13/h2-6,11H,7-10,18H2,1H3. The monoisotopic (exact) mass is 346 g/mol. The lowest BCUT2D eigenvalue weighted by molar-refractivity contribution is 0.646. The molecule has 1 saturated heterocycles. The fraction of sp³-hybridized carbons (Fsp3) is 0.312. The zero-order valence-corrected chi connectivity index (χ0v) is 13.7. The number of nitrogens with two attached hydrogens (primary N) is 1. The lowest BCUT2D eigenvalue weighted by Gasteiger charge is -2.37. The maximum atomic E-state index is 5.90. The Balaban J connectivity index is 1.73. The summed E-state index contributed by atoms with van der Waals surface area (Å²) in [6.45, 7) is 5.95. The van der Waals surface area contributed by atoms with Crippen molar-refractivity contribution in [2.24, 2.45) is 0 Å². The number of anilines is 3. The molecule has 2 heterocycles. The van der Waals surface area contributed by atoms with Gasteiger partial charge in [-0.3, -0.25) is 0 Å². The molecular weight excluding hydrogens is 328 g/mol. The van der Waals surface area contributed by atoms with Gasteiger partial charge in [0.1, 0.15) is 5.82 Å². The van der Waals surface area contributed by atoms with Crippen molar-refractivity contribution in [3.8, 4) is 0 Å². The summed E-state index contributed by atoms with van der Waals surface area (Å²) in [4.78, 5) is 9.22. The number of hydrogen-bond donors (Lipinski definition) is 1. The van der Waals surface area contributed by atoms with Crippen molar-refractivity contribution in [2.75, 3.05) is 41.7 Å². The van der Waals surface area contributed by atoms with Crippen LogP contribution in [0.3, 0.4) is 0 Å². The summed E-state index contributed by atoms with van der Waals surface area (Å²) in [7, 11) is 0. The summed E-state index contributed by atoms with van der Waals surface area (Å²) in [6, 6.07) is 10.6. The van der Waals surface area contributed by atoms with Crippen molar-refractivity contribution < 1.29 is 0 Å². The molecule has 0 radical (unpaired) electrons. The van der Waals surface area contributed by atoms with Crippen LogP contribution in [0.15, 0.2) is 41.0 Å². The van der Waals surface area contributed by atoms with Gasteiger partial charge in [0, 0.05) is 31.9 Å². The normalized spacial score (nSPS) is 15.3. The number of aromatic nitrogens is 1. The second kappa shape index (κ2) is 5.93. The van der Waals surface area contributed by atoms with Gasteiger partial charge in [-0.1, -0.05) is 18.2 Å². The predicted molar refractivity (Wildman–Crippen MR) is 92.0 cm³/mol. The highest BCUT2D eigenvalue weighted by atomic mass is 79.9. The minimum atomic E-state index is 0.730. The highest BCUT2D eigenvalue weighted by molar-refractivity contribution is 9.10. The number of halogens is 1. The van der Waals surface area contributed by atoms with Gasteiger partial charge in [0.2, 0.25) is 0 Å². The van der Waals surface area contributed by atoms with E-state index in [9.17, 15) is 0 Å². The second-order valence-corrected chi connectivity index (χ2v) is 6.08. The number of pyridine rings is 1. The first-order valence-electron chi connectivity index (χ1n) is 7.12. The molecule has 2 aromatic rings. The third kappa shape index (κ3) is 2.83. The van der Waals surface area contributed by atoms with Gasteiger partial charge < -0.3 is 15.5 Å². The van der Waals surface area contributed by atoms with Crippen molar-refractivity contribution in [2.45, 2.75) is 6.92 Å². The minimum Gasteiger partial charge on any atom is -0.397 e. The fourth-order valence-electron chi connectivity index (χ4n) is 2.61. The second-order valence-electron chi connectivity index (χ2n) is 5.29. The molecule has 0 spiro atoms. The molecule has 0 saturated carbocycles. The molecule has 0 atom stereocenters. The van der Waals surface area contributed by atoms with Crippen LogP contribution >= 0.6 is 15.9 Å². The summed E-state index contributed by atoms with van der Waals surface area (Å²) in [6.07, 6.45) is 1.75. The number of piperazine rings is 1. The van der Waals surface area contributed by atoms with Gasteiger partial charge >= 0.3 is 0 Å². The Morgan fingerprint density at radius 2 is 1.67 bits per heavy atom. The third-order valence-electron chi connectivity index (χ3n) is 3.99. The van der Waals surface area contributed by atoms with Crippen molar-refractivity contribution in [3.63, 3.8) is 0 Å². The van der Waals surface area contributed by atoms with Crippen LogP contribution in [0.4, 0.5) is 17.2 Å². The van der Waals surface area contributed by atoms with E-state index in [2.05, 4.69) is 61.0 Å². The van der Waals surface area contributed by atoms with Gasteiger partial charge in [-0.15, -0.1) is 0 Å². The van der Waals surface area contributed by atoms with Gasteiger partial charge in [-0.2, -0.15) is 0 Å². The molecule has 0 bridgehead atoms. The van der Waals surface area contributed by atoms with Crippen LogP contribution in [0.2, 0.25) is 0 Å². The van der Waals surface area contributed by atoms with Gasteiger partial charge in [0.25, 0.3) is 0 Å². The van der Waals surface area contributed by atoms with E-state index < -0.39 is 0 Å². The van der Waals surface area contributed by atoms with Crippen LogP contribution in [0.5, 0.6) is 0 Å². The number of rotatable bonds is 2. The Labute approximate surface area is 133 Å². The summed E-state index contributed by atoms with van der Waals surface area (Å²) < 4.78 is 1.01. The molecule has 4 nitrogen and oxygen atoms in total. The molecule has 1 aliphatic rings. The van der Waals surface area contributed by atoms with E-state index in [1.54, 1.807) is 6.20 Å². The molecule has 3 rings (SSSR count). The Hall–Kier alpha value is -1.75. The maximum Gasteiger partial charge on any atom is 0.143 e. The van der Waals surface area contributed by atoms with E-state index in [0.717, 1.165) is 47.7 Å². The van der Waals surface area contributed by atoms with Gasteiger partial charge in [-0.05, 0) is 40.5 Å². The molecule has 1 fully saturated rings. The lowest BCUT2D eigenvalue weighted by Crippen LogP contribution is -2.47. The number of nitrogen functional groups attached to an aromatic ring is 1. The zero-order chi connectivity index (χ0) is 14.8. The quantitative estimate of drug-likeness (QED) is 0.907. The van der Waals surface area contributed by atoms with E-state index >= 15 is 0 Å². The summed E-state index contributed by atoms with van der Waals surface area (Å²) in [5.41, 5.74) is 8.98. The van der Waals surface area contributed by atoms with Crippen molar-refractivity contribution in [3.05, 3.63) is 46.6 Å². The van der Waals surface area contributed by atoms with Gasteiger partial charge in [-0.25, -0.2) is 4.98 Å². The fourth-order valence-corrected chi connectivity index (χ4v) is 3.20. The predicted octanol–water partition coefficient (Wildman–Crippen LogP) is 3.06. The number of para-hydroxylation sites is 1. The first-order valence-corrected chi connectivity index (χ1v) is 7.91. The Bertz CT molecular complexity index is 622. The zero-order valence-electron chi connectivity index (χ0n) is 12.1. The first-order chi connectivity index (χ1) is 10.2. The molecule has 0 unspecified atom stereocenters. The van der Waals surface area contributed by atoms with Crippen LogP contribution in [-0.4, -0.2) is 31.2 Å². The van der Waals surface area contributed by atoms with Crippen molar-refractivity contribution in [1.82, 2.24) is 4.98 Å². The summed E-state index contributed by atoms with van der Waals surface area (Å²) >= 11 is 3.63. The van der Waals surface area contributed by atoms with Crippen LogP contribution in [0.25, 0.3) is 0 Å². The van der Waals surface area contributed by atoms with E-state index in [1.807, 2.05) is 6.92 Å². The third-order valence-corrected chi connectivity index (χ3v) is 4.93. The average Bonchev–Trinajstić information content (AvgIpc) is 2.54. The largest absolute Gasteiger partial charge is 0.397 e. The van der Waals surface area contributed by atoms with Crippen LogP contribution in [0, 0.1) is 6.92 Å². The minimum absolute atomic E-state index is 0.730. The number of hydrogen-bond acceptors (Lipinski definition) is 4. The van der Waals surface area contributed by atoms with E-state index in [-0.39, 0.29) is 0 Å². The lowest BCUT2D eigenvalue weighted by atomic mass is 10.2. The number of nitrogens with zero attached hydrogens (tertiary/aromatic N) is 3. The first kappa shape index (κ1) is 14.2. The highest BCUT2D eigenvalue weighted by Gasteiger charge is 2.21. The molecule has 21 heavy (non-hydrogen) atoms. The molecule has 2 N–H and O–H groups in total. The Morgan fingerprint density at radius 3 is 2.33 bits per heavy atom. The smallest absolute Gasteiger partial charge is 0.143 e. The van der Waals surface area contributed by atoms with Gasteiger partial charge in [0.05, 0.1) is 16.4 Å². The number of benzene rings is 1. The highest BCUT2D eigenvalue weighted by Crippen LogP contribution is 2.31. The summed E-state index contributed by atoms with van der Waals surface area (Å²) in [5.74, 6) is 0.995. The van der Waals surface area contributed by atoms with E-state index in [4.69, 9.17) is 5.73 Å². The molecular formula is C16H19BrN4. The maximum absolute atomic E-state index is 5.90. The molecule has 110 valence electrons. The molecule has 1 aliphatic heterocycles.